The molecule has 0 aliphatic carbocycles. The average Bonchev–Trinajstić information content (AvgIpc) is 2.60. The largest absolute Gasteiger partial charge is 0.525 e. The third-order valence-corrected chi connectivity index (χ3v) is 5.60. The van der Waals surface area contributed by atoms with Gasteiger partial charge in [-0.1, -0.05) is 12.1 Å². The van der Waals surface area contributed by atoms with Crippen LogP contribution in [0.15, 0.2) is 35.2 Å². The molecule has 3 rings (SSSR count). The summed E-state index contributed by atoms with van der Waals surface area (Å²) in [5.74, 6) is -2.30. The standard InChI is InChI=1S/C15H10F3NO6S2/c16-15(17,18)27(23,24)25-19-13(21)9-3-1-2-8-11(26-7-6-20)5-4-10(12(8)9)14(19)22/h1-5,20H,6-7H2. The molecule has 1 N–H and O–H groups in total. The average molecular weight is 421 g/mol. The van der Waals surface area contributed by atoms with Crippen molar-refractivity contribution in [1.82, 2.24) is 5.06 Å². The minimum absolute atomic E-state index is 0.109. The highest BCUT2D eigenvalue weighted by Crippen LogP contribution is 2.37. The van der Waals surface area contributed by atoms with Crippen LogP contribution in [0.25, 0.3) is 10.8 Å². The second-order valence-electron chi connectivity index (χ2n) is 5.29. The van der Waals surface area contributed by atoms with E-state index in [0.717, 1.165) is 0 Å². The van der Waals surface area contributed by atoms with E-state index in [2.05, 4.69) is 4.28 Å². The van der Waals surface area contributed by atoms with Crippen molar-refractivity contribution >= 4 is 44.5 Å². The van der Waals surface area contributed by atoms with Crippen LogP contribution in [-0.4, -0.2) is 48.3 Å². The smallest absolute Gasteiger partial charge is 0.396 e. The number of aliphatic hydroxyl groups is 1. The van der Waals surface area contributed by atoms with Crippen molar-refractivity contribution in [1.29, 1.82) is 0 Å². The highest BCUT2D eigenvalue weighted by Gasteiger charge is 2.51. The Hall–Kier alpha value is -2.15. The fraction of sp³-hybridized carbons (Fsp3) is 0.200. The first kappa shape index (κ1) is 19.6. The molecule has 0 atom stereocenters. The van der Waals surface area contributed by atoms with Gasteiger partial charge in [0.25, 0.3) is 11.8 Å². The second-order valence-corrected chi connectivity index (χ2v) is 7.95. The summed E-state index contributed by atoms with van der Waals surface area (Å²) in [6.45, 7) is -0.109. The lowest BCUT2D eigenvalue weighted by molar-refractivity contribution is -0.0761. The first-order valence-electron chi connectivity index (χ1n) is 7.27. The molecule has 0 radical (unpaired) electrons. The van der Waals surface area contributed by atoms with E-state index in [0.29, 0.717) is 16.0 Å². The van der Waals surface area contributed by atoms with Crippen LogP contribution in [0.5, 0.6) is 0 Å². The summed E-state index contributed by atoms with van der Waals surface area (Å²) < 4.78 is 63.9. The van der Waals surface area contributed by atoms with Gasteiger partial charge in [0.2, 0.25) is 0 Å². The Kier molecular flexibility index (Phi) is 4.93. The van der Waals surface area contributed by atoms with Crippen molar-refractivity contribution in [2.24, 2.45) is 0 Å². The second kappa shape index (κ2) is 6.78. The first-order chi connectivity index (χ1) is 12.6. The lowest BCUT2D eigenvalue weighted by atomic mass is 9.95. The third-order valence-electron chi connectivity index (χ3n) is 3.64. The summed E-state index contributed by atoms with van der Waals surface area (Å²) >= 11 is 1.26. The van der Waals surface area contributed by atoms with Gasteiger partial charge in [-0.2, -0.15) is 21.6 Å². The number of benzene rings is 2. The summed E-state index contributed by atoms with van der Waals surface area (Å²) in [4.78, 5) is 25.5. The van der Waals surface area contributed by atoms with Gasteiger partial charge in [0, 0.05) is 16.0 Å². The summed E-state index contributed by atoms with van der Waals surface area (Å²) in [7, 11) is -6.20. The molecule has 2 aromatic rings. The van der Waals surface area contributed by atoms with Crippen LogP contribution in [-0.2, 0) is 14.4 Å². The molecular formula is C15H10F3NO6S2. The maximum Gasteiger partial charge on any atom is 0.525 e. The minimum Gasteiger partial charge on any atom is -0.396 e. The maximum atomic E-state index is 12.6. The van der Waals surface area contributed by atoms with Crippen LogP contribution < -0.4 is 0 Å². The van der Waals surface area contributed by atoms with Crippen molar-refractivity contribution in [2.75, 3.05) is 12.4 Å². The van der Waals surface area contributed by atoms with Gasteiger partial charge in [-0.05, 0) is 23.6 Å². The van der Waals surface area contributed by atoms with E-state index in [-0.39, 0.29) is 23.1 Å². The monoisotopic (exact) mass is 421 g/mol. The number of amides is 2. The van der Waals surface area contributed by atoms with Gasteiger partial charge in [-0.15, -0.1) is 21.1 Å². The predicted octanol–water partition coefficient (Wildman–Crippen LogP) is 2.30. The third kappa shape index (κ3) is 3.29. The Morgan fingerprint density at radius 3 is 2.30 bits per heavy atom. The number of imide groups is 1. The molecule has 1 aliphatic heterocycles. The van der Waals surface area contributed by atoms with Crippen molar-refractivity contribution in [3.8, 4) is 0 Å². The van der Waals surface area contributed by atoms with Crippen LogP contribution >= 0.6 is 11.8 Å². The van der Waals surface area contributed by atoms with Crippen molar-refractivity contribution in [2.45, 2.75) is 10.4 Å². The molecule has 144 valence electrons. The van der Waals surface area contributed by atoms with Crippen molar-refractivity contribution in [3.05, 3.63) is 41.5 Å². The van der Waals surface area contributed by atoms with Gasteiger partial charge in [0.15, 0.2) is 0 Å². The first-order valence-corrected chi connectivity index (χ1v) is 9.67. The lowest BCUT2D eigenvalue weighted by Crippen LogP contribution is -2.44. The molecule has 12 heteroatoms. The van der Waals surface area contributed by atoms with Gasteiger partial charge >= 0.3 is 15.6 Å². The van der Waals surface area contributed by atoms with Gasteiger partial charge in [0.1, 0.15) is 0 Å². The number of aliphatic hydroxyl groups excluding tert-OH is 1. The summed E-state index contributed by atoms with van der Waals surface area (Å²) in [6.07, 6.45) is 0. The van der Waals surface area contributed by atoms with E-state index >= 15 is 0 Å². The number of carbonyl (C=O) groups excluding carboxylic acids is 2. The maximum absolute atomic E-state index is 12.6. The summed E-state index contributed by atoms with van der Waals surface area (Å²) in [6, 6.07) is 7.04. The summed E-state index contributed by atoms with van der Waals surface area (Å²) in [5.41, 5.74) is -6.15. The zero-order chi connectivity index (χ0) is 20.0. The van der Waals surface area contributed by atoms with Gasteiger partial charge < -0.3 is 5.11 Å². The predicted molar refractivity (Wildman–Crippen MR) is 88.3 cm³/mol. The Bertz CT molecular complexity index is 1030. The topological polar surface area (TPSA) is 101 Å². The summed E-state index contributed by atoms with van der Waals surface area (Å²) in [5, 5.41) is 9.21. The molecule has 0 bridgehead atoms. The number of halogens is 3. The van der Waals surface area contributed by atoms with Crippen LogP contribution in [0, 0.1) is 0 Å². The molecule has 7 nitrogen and oxygen atoms in total. The highest BCUT2D eigenvalue weighted by molar-refractivity contribution is 7.99. The number of carbonyl (C=O) groups is 2. The number of hydrogen-bond acceptors (Lipinski definition) is 7. The Morgan fingerprint density at radius 1 is 1.07 bits per heavy atom. The van der Waals surface area contributed by atoms with E-state index in [1.54, 1.807) is 6.07 Å². The number of thioether (sulfide) groups is 1. The number of hydrogen-bond donors (Lipinski definition) is 1. The van der Waals surface area contributed by atoms with Crippen LogP contribution in [0.1, 0.15) is 20.7 Å². The molecule has 2 amide bonds. The van der Waals surface area contributed by atoms with E-state index in [9.17, 15) is 31.2 Å². The van der Waals surface area contributed by atoms with E-state index in [1.165, 1.54) is 36.0 Å². The molecule has 2 aromatic carbocycles. The van der Waals surface area contributed by atoms with Gasteiger partial charge in [0.05, 0.1) is 17.7 Å². The normalized spacial score (nSPS) is 14.9. The van der Waals surface area contributed by atoms with E-state index in [4.69, 9.17) is 5.11 Å². The number of nitrogens with zero attached hydrogens (tertiary/aromatic N) is 1. The molecule has 1 heterocycles. The minimum atomic E-state index is -6.20. The fourth-order valence-corrected chi connectivity index (χ4v) is 3.75. The molecule has 1 aliphatic rings. The SMILES string of the molecule is O=C1c2cccc3c(SCCO)ccc(c23)C(=O)N1OS(=O)(=O)C(F)(F)F. The molecule has 27 heavy (non-hydrogen) atoms. The highest BCUT2D eigenvalue weighted by atomic mass is 32.2. The van der Waals surface area contributed by atoms with Gasteiger partial charge in [-0.25, -0.2) is 0 Å². The van der Waals surface area contributed by atoms with Gasteiger partial charge in [-0.3, -0.25) is 9.59 Å². The fourth-order valence-electron chi connectivity index (χ4n) is 2.54. The van der Waals surface area contributed by atoms with Crippen LogP contribution in [0.3, 0.4) is 0 Å². The Balaban J connectivity index is 2.12. The lowest BCUT2D eigenvalue weighted by Gasteiger charge is -2.26. The van der Waals surface area contributed by atoms with Crippen molar-refractivity contribution < 1.29 is 40.6 Å². The molecule has 0 saturated heterocycles. The zero-order valence-corrected chi connectivity index (χ0v) is 14.8. The van der Waals surface area contributed by atoms with Crippen LogP contribution in [0.2, 0.25) is 0 Å². The molecule has 0 aromatic heterocycles. The number of hydroxylamine groups is 2. The van der Waals surface area contributed by atoms with Crippen LogP contribution in [0.4, 0.5) is 13.2 Å². The number of alkyl halides is 3. The molecule has 0 unspecified atom stereocenters. The molecule has 0 fully saturated rings. The molecular weight excluding hydrogens is 411 g/mol. The Morgan fingerprint density at radius 2 is 1.70 bits per heavy atom. The van der Waals surface area contributed by atoms with E-state index < -0.39 is 32.5 Å². The number of rotatable bonds is 5. The zero-order valence-electron chi connectivity index (χ0n) is 13.2. The Labute approximate surface area is 154 Å². The molecule has 0 spiro atoms. The van der Waals surface area contributed by atoms with Crippen molar-refractivity contribution in [3.63, 3.8) is 0 Å². The quantitative estimate of drug-likeness (QED) is 0.449. The van der Waals surface area contributed by atoms with E-state index in [1.807, 2.05) is 0 Å². The molecule has 0 saturated carbocycles.